The van der Waals surface area contributed by atoms with Gasteiger partial charge in [0.2, 0.25) is 0 Å². The molecule has 0 fully saturated rings. The first-order chi connectivity index (χ1) is 9.16. The molecule has 1 aromatic rings. The van der Waals surface area contributed by atoms with Crippen molar-refractivity contribution in [1.29, 1.82) is 0 Å². The summed E-state index contributed by atoms with van der Waals surface area (Å²) in [6, 6.07) is 0.210. The zero-order valence-corrected chi connectivity index (χ0v) is 10.3. The second kappa shape index (κ2) is 6.02. The fourth-order valence-electron chi connectivity index (χ4n) is 1.49. The summed E-state index contributed by atoms with van der Waals surface area (Å²) < 4.78 is 67.7. The number of aromatic nitrogens is 1. The Labute approximate surface area is 110 Å². The van der Waals surface area contributed by atoms with E-state index in [0.717, 1.165) is 0 Å². The number of nitrogens with two attached hydrogens (primary N) is 1. The van der Waals surface area contributed by atoms with Crippen LogP contribution < -0.4 is 5.73 Å². The van der Waals surface area contributed by atoms with Crippen LogP contribution in [0.1, 0.15) is 30.2 Å². The molecule has 9 heteroatoms. The Balaban J connectivity index is 3.25. The number of rotatable bonds is 4. The number of hydrogen-bond donors (Lipinski definition) is 1. The molecule has 1 aromatic heterocycles. The fraction of sp³-hybridized carbons (Fsp3) is 0.455. The summed E-state index contributed by atoms with van der Waals surface area (Å²) in [5.41, 5.74) is 2.13. The number of alkyl halides is 5. The first-order valence-corrected chi connectivity index (χ1v) is 5.47. The Bertz CT molecular complexity index is 502. The van der Waals surface area contributed by atoms with E-state index in [1.807, 2.05) is 0 Å². The highest BCUT2D eigenvalue weighted by atomic mass is 19.4. The lowest BCUT2D eigenvalue weighted by Crippen LogP contribution is -2.16. The quantitative estimate of drug-likeness (QED) is 0.685. The van der Waals surface area contributed by atoms with Gasteiger partial charge in [-0.15, -0.1) is 0 Å². The minimum atomic E-state index is -4.90. The Morgan fingerprint density at radius 2 is 2.05 bits per heavy atom. The van der Waals surface area contributed by atoms with E-state index in [4.69, 9.17) is 5.73 Å². The molecule has 112 valence electrons. The smallest absolute Gasteiger partial charge is 0.419 e. The van der Waals surface area contributed by atoms with Gasteiger partial charge in [0.1, 0.15) is 5.82 Å². The van der Waals surface area contributed by atoms with Crippen LogP contribution in [0, 0.1) is 0 Å². The van der Waals surface area contributed by atoms with Crippen molar-refractivity contribution in [3.8, 4) is 0 Å². The van der Waals surface area contributed by atoms with Gasteiger partial charge in [0.15, 0.2) is 0 Å². The first kappa shape index (κ1) is 16.1. The van der Waals surface area contributed by atoms with Crippen LogP contribution in [-0.2, 0) is 22.1 Å². The number of carbonyl (C=O) groups is 1. The van der Waals surface area contributed by atoms with Crippen LogP contribution in [-0.4, -0.2) is 17.6 Å². The lowest BCUT2D eigenvalue weighted by atomic mass is 10.1. The number of anilines is 1. The molecule has 0 aliphatic carbocycles. The third-order valence-electron chi connectivity index (χ3n) is 2.32. The first-order valence-electron chi connectivity index (χ1n) is 5.47. The minimum absolute atomic E-state index is 0.0129. The maximum absolute atomic E-state index is 12.8. The molecule has 0 saturated carbocycles. The minimum Gasteiger partial charge on any atom is -0.466 e. The topological polar surface area (TPSA) is 65.2 Å². The molecule has 20 heavy (non-hydrogen) atoms. The van der Waals surface area contributed by atoms with Crippen molar-refractivity contribution in [2.75, 3.05) is 12.3 Å². The lowest BCUT2D eigenvalue weighted by Gasteiger charge is -2.14. The number of esters is 1. The third-order valence-corrected chi connectivity index (χ3v) is 2.32. The van der Waals surface area contributed by atoms with Crippen LogP contribution in [0.25, 0.3) is 0 Å². The summed E-state index contributed by atoms with van der Waals surface area (Å²) >= 11 is 0. The van der Waals surface area contributed by atoms with Gasteiger partial charge in [-0.2, -0.15) is 13.2 Å². The van der Waals surface area contributed by atoms with Gasteiger partial charge in [-0.1, -0.05) is 0 Å². The molecule has 0 unspecified atom stereocenters. The molecule has 1 rings (SSSR count). The van der Waals surface area contributed by atoms with Gasteiger partial charge in [-0.05, 0) is 13.0 Å². The highest BCUT2D eigenvalue weighted by Gasteiger charge is 2.36. The molecule has 2 N–H and O–H groups in total. The van der Waals surface area contributed by atoms with Gasteiger partial charge in [0, 0.05) is 5.56 Å². The number of ether oxygens (including phenoxy) is 1. The van der Waals surface area contributed by atoms with Crippen molar-refractivity contribution in [1.82, 2.24) is 4.98 Å². The summed E-state index contributed by atoms with van der Waals surface area (Å²) in [5, 5.41) is 0. The van der Waals surface area contributed by atoms with Crippen molar-refractivity contribution in [2.45, 2.75) is 25.9 Å². The summed E-state index contributed by atoms with van der Waals surface area (Å²) in [6.07, 6.45) is -8.78. The normalized spacial score (nSPS) is 11.8. The van der Waals surface area contributed by atoms with E-state index < -0.39 is 47.6 Å². The van der Waals surface area contributed by atoms with E-state index in [2.05, 4.69) is 9.72 Å². The predicted molar refractivity (Wildman–Crippen MR) is 58.9 cm³/mol. The van der Waals surface area contributed by atoms with E-state index in [0.29, 0.717) is 0 Å². The van der Waals surface area contributed by atoms with Gasteiger partial charge in [-0.25, -0.2) is 13.8 Å². The molecule has 0 spiro atoms. The van der Waals surface area contributed by atoms with E-state index in [1.165, 1.54) is 6.92 Å². The van der Waals surface area contributed by atoms with Gasteiger partial charge >= 0.3 is 12.1 Å². The number of hydrogen-bond acceptors (Lipinski definition) is 4. The zero-order valence-electron chi connectivity index (χ0n) is 10.3. The number of nitrogen functional groups attached to an aromatic ring is 1. The molecule has 0 aliphatic heterocycles. The lowest BCUT2D eigenvalue weighted by molar-refractivity contribution is -0.142. The Morgan fingerprint density at radius 1 is 1.45 bits per heavy atom. The van der Waals surface area contributed by atoms with E-state index in [9.17, 15) is 26.7 Å². The molecule has 0 aromatic carbocycles. The van der Waals surface area contributed by atoms with Crippen LogP contribution in [0.5, 0.6) is 0 Å². The highest BCUT2D eigenvalue weighted by molar-refractivity contribution is 5.72. The zero-order chi connectivity index (χ0) is 15.5. The predicted octanol–water partition coefficient (Wildman–Crippen LogP) is 2.73. The van der Waals surface area contributed by atoms with Crippen molar-refractivity contribution < 1.29 is 31.5 Å². The highest BCUT2D eigenvalue weighted by Crippen LogP contribution is 2.36. The summed E-state index contributed by atoms with van der Waals surface area (Å²) in [4.78, 5) is 14.5. The Hall–Kier alpha value is -1.93. The fourth-order valence-corrected chi connectivity index (χ4v) is 1.49. The molecule has 0 amide bonds. The standard InChI is InChI=1S/C11H11F5N2O2/c1-2-20-8(19)4-7-5(9(12)13)3-6(10(17)18-7)11(14,15)16/h3,9H,2,4H2,1H3,(H2,17,18). The van der Waals surface area contributed by atoms with Crippen molar-refractivity contribution in [3.63, 3.8) is 0 Å². The van der Waals surface area contributed by atoms with Gasteiger partial charge < -0.3 is 10.5 Å². The second-order valence-corrected chi connectivity index (χ2v) is 3.74. The molecule has 0 atom stereocenters. The summed E-state index contributed by atoms with van der Waals surface area (Å²) in [5.74, 6) is -1.83. The number of halogens is 5. The molecule has 0 radical (unpaired) electrons. The number of nitrogens with zero attached hydrogens (tertiary/aromatic N) is 1. The van der Waals surface area contributed by atoms with Gasteiger partial charge in [-0.3, -0.25) is 4.79 Å². The molecule has 0 saturated heterocycles. The summed E-state index contributed by atoms with van der Waals surface area (Å²) in [6.45, 7) is 1.51. The van der Waals surface area contributed by atoms with Crippen LogP contribution in [0.2, 0.25) is 0 Å². The molecule has 0 bridgehead atoms. The SMILES string of the molecule is CCOC(=O)Cc1nc(N)c(C(F)(F)F)cc1C(F)F. The van der Waals surface area contributed by atoms with Crippen LogP contribution in [0.4, 0.5) is 27.8 Å². The Kier molecular flexibility index (Phi) is 4.85. The maximum Gasteiger partial charge on any atom is 0.419 e. The number of pyridine rings is 1. The third kappa shape index (κ3) is 3.78. The van der Waals surface area contributed by atoms with Crippen molar-refractivity contribution in [2.24, 2.45) is 0 Å². The van der Waals surface area contributed by atoms with Crippen LogP contribution in [0.15, 0.2) is 6.07 Å². The molecule has 4 nitrogen and oxygen atoms in total. The second-order valence-electron chi connectivity index (χ2n) is 3.74. The largest absolute Gasteiger partial charge is 0.466 e. The van der Waals surface area contributed by atoms with E-state index >= 15 is 0 Å². The molecular weight excluding hydrogens is 287 g/mol. The average Bonchev–Trinajstić information content (AvgIpc) is 2.26. The molecule has 1 heterocycles. The van der Waals surface area contributed by atoms with Crippen molar-refractivity contribution in [3.05, 3.63) is 22.9 Å². The maximum atomic E-state index is 12.8. The molecule has 0 aliphatic rings. The summed E-state index contributed by atoms with van der Waals surface area (Å²) in [7, 11) is 0. The van der Waals surface area contributed by atoms with Gasteiger partial charge in [0.05, 0.1) is 24.3 Å². The van der Waals surface area contributed by atoms with Crippen LogP contribution in [0.3, 0.4) is 0 Å². The monoisotopic (exact) mass is 298 g/mol. The number of carbonyl (C=O) groups excluding carboxylic acids is 1. The average molecular weight is 298 g/mol. The van der Waals surface area contributed by atoms with E-state index in [1.54, 1.807) is 0 Å². The Morgan fingerprint density at radius 3 is 2.50 bits per heavy atom. The van der Waals surface area contributed by atoms with Crippen LogP contribution >= 0.6 is 0 Å². The van der Waals surface area contributed by atoms with E-state index in [-0.39, 0.29) is 12.7 Å². The van der Waals surface area contributed by atoms with Gasteiger partial charge in [0.25, 0.3) is 6.43 Å². The molecular formula is C11H11F5N2O2. The van der Waals surface area contributed by atoms with Crippen molar-refractivity contribution >= 4 is 11.8 Å².